The lowest BCUT2D eigenvalue weighted by Crippen LogP contribution is -2.33. The first kappa shape index (κ1) is 42.7. The lowest BCUT2D eigenvalue weighted by Gasteiger charge is -2.28. The van der Waals surface area contributed by atoms with Gasteiger partial charge in [0.05, 0.1) is 5.69 Å². The Morgan fingerprint density at radius 3 is 1.65 bits per heavy atom. The van der Waals surface area contributed by atoms with Crippen LogP contribution in [0.4, 0.5) is 11.4 Å². The fourth-order valence-electron chi connectivity index (χ4n) is 7.38. The van der Waals surface area contributed by atoms with E-state index in [1.54, 1.807) is 5.56 Å². The number of likely N-dealkylation sites (N-methyl/N-ethyl adjacent to an activating group) is 1. The van der Waals surface area contributed by atoms with Gasteiger partial charge in [-0.1, -0.05) is 47.0 Å². The molecule has 9 heteroatoms. The number of nitrogen functional groups attached to an aromatic ring is 1. The molecule has 0 spiro atoms. The molecule has 1 aromatic heterocycles. The van der Waals surface area contributed by atoms with Gasteiger partial charge in [-0.05, 0) is 163 Å². The van der Waals surface area contributed by atoms with Crippen LogP contribution in [0.25, 0.3) is 10.9 Å². The van der Waals surface area contributed by atoms with Gasteiger partial charge >= 0.3 is 1.43 Å². The number of nitrogens with one attached hydrogen (secondary N) is 3. The summed E-state index contributed by atoms with van der Waals surface area (Å²) in [6, 6.07) is 25.1. The van der Waals surface area contributed by atoms with Gasteiger partial charge in [-0.2, -0.15) is 5.10 Å². The van der Waals surface area contributed by atoms with Crippen LogP contribution < -0.4 is 16.7 Å². The highest BCUT2D eigenvalue weighted by Crippen LogP contribution is 2.31. The Labute approximate surface area is 327 Å². The van der Waals surface area contributed by atoms with Crippen molar-refractivity contribution >= 4 is 33.8 Å². The first-order valence-electron chi connectivity index (χ1n) is 19.8. The molecule has 1 atom stereocenters. The molecule has 54 heavy (non-hydrogen) atoms. The third-order valence-corrected chi connectivity index (χ3v) is 11.2. The van der Waals surface area contributed by atoms with Crippen LogP contribution in [-0.2, 0) is 17.6 Å². The molecule has 0 saturated heterocycles. The maximum Gasteiger partial charge on any atom is 1.00 e. The fraction of sp³-hybridized carbons (Fsp3) is 0.511. The second kappa shape index (κ2) is 21.2. The van der Waals surface area contributed by atoms with Crippen LogP contribution >= 0.6 is 0 Å². The second-order valence-electron chi connectivity index (χ2n) is 16.1. The molecule has 3 aromatic carbocycles. The number of aromatic amines is 1. The van der Waals surface area contributed by atoms with Gasteiger partial charge in [0, 0.05) is 59.0 Å². The normalized spacial score (nSPS) is 18.5. The van der Waals surface area contributed by atoms with Gasteiger partial charge < -0.3 is 25.1 Å². The fourth-order valence-corrected chi connectivity index (χ4v) is 7.38. The highest BCUT2D eigenvalue weighted by Gasteiger charge is 2.24. The number of aromatic nitrogens is 1. The summed E-state index contributed by atoms with van der Waals surface area (Å²) in [7, 11) is 12.9. The molecular weight excluding hydrogens is 669 g/mol. The van der Waals surface area contributed by atoms with Crippen LogP contribution in [0.2, 0.25) is 0 Å². The summed E-state index contributed by atoms with van der Waals surface area (Å²) in [6.45, 7) is 6.31. The number of ketones is 1. The van der Waals surface area contributed by atoms with E-state index in [4.69, 9.17) is 5.84 Å². The Kier molecular flexibility index (Phi) is 16.7. The molecule has 4 aromatic rings. The van der Waals surface area contributed by atoms with Crippen molar-refractivity contribution in [2.45, 2.75) is 110 Å². The highest BCUT2D eigenvalue weighted by atomic mass is 16.1. The smallest absolute Gasteiger partial charge is 0.358 e. The summed E-state index contributed by atoms with van der Waals surface area (Å²) in [5, 5.41) is 5.96. The molecule has 2 saturated carbocycles. The quantitative estimate of drug-likeness (QED) is 0.116. The SMILES string of the molecule is CN(C)C1CCC(=O)CC1.Cc1ccc(NN)cc1.Cc1ccc(NN=C2CCC(N(C)C)CC2)cc1.Cc1ccc2[nH]c3c(c2c1)CC(N(C)C)CC3.[H+]. The Morgan fingerprint density at radius 1 is 0.648 bits per heavy atom. The number of nitrogens with zero attached hydrogens (tertiary/aromatic N) is 4. The van der Waals surface area contributed by atoms with Crippen molar-refractivity contribution < 1.29 is 6.22 Å². The summed E-state index contributed by atoms with van der Waals surface area (Å²) in [4.78, 5) is 21.3. The van der Waals surface area contributed by atoms with E-state index in [1.807, 2.05) is 31.2 Å². The number of hydrazone groups is 1. The van der Waals surface area contributed by atoms with Crippen molar-refractivity contribution in [1.82, 2.24) is 19.7 Å². The predicted molar refractivity (Wildman–Crippen MR) is 232 cm³/mol. The number of hydrogen-bond donors (Lipinski definition) is 4. The molecule has 294 valence electrons. The van der Waals surface area contributed by atoms with E-state index in [9.17, 15) is 4.79 Å². The van der Waals surface area contributed by atoms with Gasteiger partial charge in [-0.3, -0.25) is 16.1 Å². The van der Waals surface area contributed by atoms with Gasteiger partial charge in [0.2, 0.25) is 0 Å². The van der Waals surface area contributed by atoms with E-state index in [-0.39, 0.29) is 1.43 Å². The van der Waals surface area contributed by atoms with Crippen LogP contribution in [0.3, 0.4) is 0 Å². The van der Waals surface area contributed by atoms with E-state index in [2.05, 4.69) is 134 Å². The zero-order valence-corrected chi connectivity index (χ0v) is 34.6. The second-order valence-corrected chi connectivity index (χ2v) is 16.1. The predicted octanol–water partition coefficient (Wildman–Crippen LogP) is 8.62. The molecule has 2 fully saturated rings. The van der Waals surface area contributed by atoms with Gasteiger partial charge in [-0.15, -0.1) is 0 Å². The topological polar surface area (TPSA) is 105 Å². The van der Waals surface area contributed by atoms with E-state index in [0.717, 1.165) is 55.9 Å². The number of hydrogen-bond acceptors (Lipinski definition) is 8. The van der Waals surface area contributed by atoms with Crippen LogP contribution in [0, 0.1) is 20.8 Å². The molecule has 0 radical (unpaired) electrons. The van der Waals surface area contributed by atoms with Gasteiger partial charge in [0.15, 0.2) is 0 Å². The number of carbonyl (C=O) groups excluding carboxylic acids is 1. The van der Waals surface area contributed by atoms with Crippen LogP contribution in [-0.4, -0.2) is 91.6 Å². The number of benzene rings is 3. The molecule has 1 unspecified atom stereocenters. The summed E-state index contributed by atoms with van der Waals surface area (Å²) in [5.74, 6) is 5.59. The largest absolute Gasteiger partial charge is 1.00 e. The number of rotatable bonds is 6. The van der Waals surface area contributed by atoms with Gasteiger partial charge in [0.1, 0.15) is 5.78 Å². The van der Waals surface area contributed by atoms with Crippen LogP contribution in [0.15, 0.2) is 71.8 Å². The van der Waals surface area contributed by atoms with Gasteiger partial charge in [-0.25, -0.2) is 0 Å². The molecule has 0 amide bonds. The van der Waals surface area contributed by atoms with E-state index in [1.165, 1.54) is 71.1 Å². The molecular formula is C45H69N8O+. The summed E-state index contributed by atoms with van der Waals surface area (Å²) in [5.41, 5.74) is 17.2. The number of Topliss-reactive ketones (excluding diaryl/α,β-unsaturated/α-hetero) is 1. The first-order valence-corrected chi connectivity index (χ1v) is 19.8. The number of fused-ring (bicyclic) bond motifs is 3. The van der Waals surface area contributed by atoms with E-state index in [0.29, 0.717) is 17.9 Å². The van der Waals surface area contributed by atoms with Crippen molar-refractivity contribution in [3.05, 3.63) is 94.7 Å². The Bertz CT molecular complexity index is 1740. The molecule has 0 aliphatic heterocycles. The third kappa shape index (κ3) is 13.4. The molecule has 1 heterocycles. The maximum atomic E-state index is 10.8. The van der Waals surface area contributed by atoms with E-state index >= 15 is 0 Å². The zero-order chi connectivity index (χ0) is 39.2. The lowest BCUT2D eigenvalue weighted by molar-refractivity contribution is -0.121. The number of nitrogens with two attached hydrogens (primary N) is 1. The van der Waals surface area contributed by atoms with Crippen LogP contribution in [0.5, 0.6) is 0 Å². The van der Waals surface area contributed by atoms with Gasteiger partial charge in [0.25, 0.3) is 0 Å². The first-order chi connectivity index (χ1) is 25.8. The minimum Gasteiger partial charge on any atom is -0.358 e. The molecule has 9 nitrogen and oxygen atoms in total. The Balaban J connectivity index is 0.000000204. The number of carbonyl (C=O) groups is 1. The molecule has 0 bridgehead atoms. The Hall–Kier alpha value is -4.02. The van der Waals surface area contributed by atoms with Crippen molar-refractivity contribution in [2.75, 3.05) is 53.1 Å². The summed E-state index contributed by atoms with van der Waals surface area (Å²) >= 11 is 0. The highest BCUT2D eigenvalue weighted by molar-refractivity contribution is 5.86. The maximum absolute atomic E-state index is 10.8. The zero-order valence-electron chi connectivity index (χ0n) is 35.6. The number of hydrazine groups is 1. The van der Waals surface area contributed by atoms with Crippen molar-refractivity contribution in [2.24, 2.45) is 10.9 Å². The summed E-state index contributed by atoms with van der Waals surface area (Å²) < 4.78 is 0. The average Bonchev–Trinajstić information content (AvgIpc) is 3.53. The molecule has 5 N–H and O–H groups in total. The van der Waals surface area contributed by atoms with Crippen LogP contribution in [0.1, 0.15) is 87.2 Å². The minimum atomic E-state index is 0. The number of aryl methyl sites for hydroxylation is 4. The third-order valence-electron chi connectivity index (χ3n) is 11.2. The standard InChI is InChI=1S/C15H23N3.C15H20N2.C8H15NO.C7H10N2/c1-12-4-6-13(7-5-12)16-17-14-8-10-15(11-9-14)18(2)3;1-10-4-6-14-12(8-10)13-9-11(17(2)3)5-7-15(13)16-14;1-9(2)7-3-5-8(10)6-4-7;1-6-2-4-7(9-8)5-3-6/h4-7,15-16H,8-11H2,1-3H3;4,6,8,11,16H,5,7,9H2,1-3H3;7H,3-6H2,1-2H3;2-5,9H,8H2,1H3/p+1. The number of H-pyrrole nitrogens is 1. The monoisotopic (exact) mass is 738 g/mol. The van der Waals surface area contributed by atoms with Crippen molar-refractivity contribution in [3.63, 3.8) is 0 Å². The van der Waals surface area contributed by atoms with E-state index < -0.39 is 0 Å². The number of anilines is 2. The lowest BCUT2D eigenvalue weighted by atomic mass is 9.90. The van der Waals surface area contributed by atoms with Crippen molar-refractivity contribution in [3.8, 4) is 0 Å². The average molecular weight is 738 g/mol. The van der Waals surface area contributed by atoms with Crippen molar-refractivity contribution in [1.29, 1.82) is 0 Å². The molecule has 7 rings (SSSR count). The molecule has 3 aliphatic rings. The Morgan fingerprint density at radius 2 is 1.13 bits per heavy atom. The minimum absolute atomic E-state index is 0. The molecule has 3 aliphatic carbocycles. The summed E-state index contributed by atoms with van der Waals surface area (Å²) in [6.07, 6.45) is 12.0.